The molecule has 0 N–H and O–H groups in total. The summed E-state index contributed by atoms with van der Waals surface area (Å²) in [6.07, 6.45) is 2.91. The lowest BCUT2D eigenvalue weighted by Crippen LogP contribution is -2.48. The molecule has 3 nitrogen and oxygen atoms in total. The Morgan fingerprint density at radius 3 is 2.25 bits per heavy atom. The minimum atomic E-state index is -0.345. The molecule has 5 heteroatoms. The van der Waals surface area contributed by atoms with Crippen LogP contribution in [0.5, 0.6) is 0 Å². The van der Waals surface area contributed by atoms with E-state index < -0.39 is 0 Å². The van der Waals surface area contributed by atoms with E-state index in [1.807, 2.05) is 0 Å². The number of halogens is 2. The van der Waals surface area contributed by atoms with Crippen LogP contribution < -0.4 is 4.90 Å². The van der Waals surface area contributed by atoms with Crippen LogP contribution in [0.15, 0.2) is 54.6 Å². The number of nitrogens with zero attached hydrogens (tertiary/aromatic N) is 2. The second-order valence-electron chi connectivity index (χ2n) is 5.64. The molecule has 0 saturated carbocycles. The van der Waals surface area contributed by atoms with Crippen molar-refractivity contribution >= 4 is 17.7 Å². The van der Waals surface area contributed by atoms with Crippen LogP contribution in [-0.2, 0) is 4.79 Å². The average molecular weight is 328 g/mol. The number of carbonyl (C=O) groups excluding carboxylic acids is 1. The molecule has 0 bridgehead atoms. The topological polar surface area (TPSA) is 23.6 Å². The summed E-state index contributed by atoms with van der Waals surface area (Å²) in [7, 11) is 0. The van der Waals surface area contributed by atoms with Crippen molar-refractivity contribution in [3.8, 4) is 0 Å². The molecular formula is C19H18F2N2O. The van der Waals surface area contributed by atoms with Gasteiger partial charge in [0.1, 0.15) is 11.6 Å². The van der Waals surface area contributed by atoms with Gasteiger partial charge in [-0.25, -0.2) is 8.78 Å². The molecule has 24 heavy (non-hydrogen) atoms. The second kappa shape index (κ2) is 7.25. The fraction of sp³-hybridized carbons (Fsp3) is 0.211. The molecule has 0 atom stereocenters. The summed E-state index contributed by atoms with van der Waals surface area (Å²) in [5.74, 6) is -0.731. The lowest BCUT2D eigenvalue weighted by molar-refractivity contribution is -0.126. The molecule has 1 saturated heterocycles. The molecule has 0 aromatic heterocycles. The van der Waals surface area contributed by atoms with Crippen molar-refractivity contribution in [2.75, 3.05) is 31.1 Å². The molecule has 1 aliphatic heterocycles. The third-order valence-electron chi connectivity index (χ3n) is 4.09. The fourth-order valence-electron chi connectivity index (χ4n) is 2.71. The molecular weight excluding hydrogens is 310 g/mol. The molecule has 3 rings (SSSR count). The van der Waals surface area contributed by atoms with Crippen molar-refractivity contribution in [3.05, 3.63) is 71.8 Å². The number of amides is 1. The molecule has 0 unspecified atom stereocenters. The Hall–Kier alpha value is -2.69. The summed E-state index contributed by atoms with van der Waals surface area (Å²) >= 11 is 0. The number of carbonyl (C=O) groups is 1. The van der Waals surface area contributed by atoms with Crippen molar-refractivity contribution in [2.24, 2.45) is 0 Å². The Morgan fingerprint density at radius 2 is 1.58 bits per heavy atom. The van der Waals surface area contributed by atoms with Crippen molar-refractivity contribution in [3.63, 3.8) is 0 Å². The Balaban J connectivity index is 1.57. The van der Waals surface area contributed by atoms with Gasteiger partial charge < -0.3 is 9.80 Å². The highest BCUT2D eigenvalue weighted by molar-refractivity contribution is 5.92. The summed E-state index contributed by atoms with van der Waals surface area (Å²) in [4.78, 5) is 16.1. The van der Waals surface area contributed by atoms with Crippen molar-refractivity contribution in [1.82, 2.24) is 4.90 Å². The first-order chi connectivity index (χ1) is 11.6. The van der Waals surface area contributed by atoms with E-state index in [2.05, 4.69) is 4.90 Å². The van der Waals surface area contributed by atoms with Crippen LogP contribution in [0.1, 0.15) is 5.56 Å². The van der Waals surface area contributed by atoms with Crippen molar-refractivity contribution in [2.45, 2.75) is 0 Å². The number of hydrogen-bond donors (Lipinski definition) is 0. The maximum atomic E-state index is 13.5. The number of rotatable bonds is 3. The smallest absolute Gasteiger partial charge is 0.246 e. The Kier molecular flexibility index (Phi) is 4.89. The van der Waals surface area contributed by atoms with Crippen LogP contribution in [0.25, 0.3) is 6.08 Å². The van der Waals surface area contributed by atoms with Gasteiger partial charge in [0.2, 0.25) is 5.91 Å². The zero-order valence-electron chi connectivity index (χ0n) is 13.2. The molecule has 2 aromatic carbocycles. The van der Waals surface area contributed by atoms with E-state index in [4.69, 9.17) is 0 Å². The monoisotopic (exact) mass is 328 g/mol. The SMILES string of the molecule is O=C(C=Cc1ccccc1F)N1CCN(c2ccc(F)cc2)CC1. The minimum Gasteiger partial charge on any atom is -0.368 e. The van der Waals surface area contributed by atoms with E-state index in [9.17, 15) is 13.6 Å². The standard InChI is InChI=1S/C19H18F2N2O/c20-16-6-8-17(9-7-16)22-11-13-23(14-12-22)19(24)10-5-15-3-1-2-4-18(15)21/h1-10H,11-14H2. The Bertz CT molecular complexity index is 735. The molecule has 0 spiro atoms. The highest BCUT2D eigenvalue weighted by Gasteiger charge is 2.19. The van der Waals surface area contributed by atoms with E-state index in [0.29, 0.717) is 31.7 Å². The van der Waals surface area contributed by atoms with Crippen molar-refractivity contribution < 1.29 is 13.6 Å². The van der Waals surface area contributed by atoms with Crippen molar-refractivity contribution in [1.29, 1.82) is 0 Å². The first-order valence-corrected chi connectivity index (χ1v) is 7.85. The van der Waals surface area contributed by atoms with Gasteiger partial charge in [-0.2, -0.15) is 0 Å². The maximum absolute atomic E-state index is 13.5. The van der Waals surface area contributed by atoms with Gasteiger partial charge in [-0.05, 0) is 36.4 Å². The summed E-state index contributed by atoms with van der Waals surface area (Å²) in [5.41, 5.74) is 1.35. The normalized spacial score (nSPS) is 15.1. The third kappa shape index (κ3) is 3.79. The number of benzene rings is 2. The summed E-state index contributed by atoms with van der Waals surface area (Å²) < 4.78 is 26.5. The van der Waals surface area contributed by atoms with Crippen LogP contribution in [0.3, 0.4) is 0 Å². The lowest BCUT2D eigenvalue weighted by atomic mass is 10.2. The number of piperazine rings is 1. The molecule has 124 valence electrons. The predicted octanol–water partition coefficient (Wildman–Crippen LogP) is 3.33. The van der Waals surface area contributed by atoms with Crippen LogP contribution >= 0.6 is 0 Å². The van der Waals surface area contributed by atoms with Gasteiger partial charge in [0.05, 0.1) is 0 Å². The van der Waals surface area contributed by atoms with E-state index >= 15 is 0 Å². The largest absolute Gasteiger partial charge is 0.368 e. The lowest BCUT2D eigenvalue weighted by Gasteiger charge is -2.35. The van der Waals surface area contributed by atoms with Gasteiger partial charge in [-0.15, -0.1) is 0 Å². The van der Waals surface area contributed by atoms with E-state index in [-0.39, 0.29) is 17.5 Å². The van der Waals surface area contributed by atoms with Gasteiger partial charge in [-0.3, -0.25) is 4.79 Å². The van der Waals surface area contributed by atoms with Crippen LogP contribution in [0.2, 0.25) is 0 Å². The van der Waals surface area contributed by atoms with Gasteiger partial charge in [0, 0.05) is 43.5 Å². The number of anilines is 1. The molecule has 1 aliphatic rings. The molecule has 1 amide bonds. The zero-order chi connectivity index (χ0) is 16.9. The predicted molar refractivity (Wildman–Crippen MR) is 90.6 cm³/mol. The van der Waals surface area contributed by atoms with E-state index in [1.54, 1.807) is 35.2 Å². The summed E-state index contributed by atoms with van der Waals surface area (Å²) in [5, 5.41) is 0. The third-order valence-corrected chi connectivity index (χ3v) is 4.09. The van der Waals surface area contributed by atoms with Crippen LogP contribution in [0.4, 0.5) is 14.5 Å². The Labute approximate surface area is 139 Å². The van der Waals surface area contributed by atoms with Crippen LogP contribution in [0, 0.1) is 11.6 Å². The zero-order valence-corrected chi connectivity index (χ0v) is 13.2. The Morgan fingerprint density at radius 1 is 0.917 bits per heavy atom. The molecule has 1 fully saturated rings. The highest BCUT2D eigenvalue weighted by atomic mass is 19.1. The summed E-state index contributed by atoms with van der Waals surface area (Å²) in [6.45, 7) is 2.53. The number of hydrogen-bond acceptors (Lipinski definition) is 2. The summed E-state index contributed by atoms with van der Waals surface area (Å²) in [6, 6.07) is 12.7. The molecule has 0 radical (unpaired) electrons. The van der Waals surface area contributed by atoms with Gasteiger partial charge >= 0.3 is 0 Å². The van der Waals surface area contributed by atoms with Gasteiger partial charge in [-0.1, -0.05) is 18.2 Å². The minimum absolute atomic E-state index is 0.128. The second-order valence-corrected chi connectivity index (χ2v) is 5.64. The van der Waals surface area contributed by atoms with E-state index in [0.717, 1.165) is 5.69 Å². The molecule has 0 aliphatic carbocycles. The molecule has 2 aromatic rings. The van der Waals surface area contributed by atoms with Gasteiger partial charge in [0.15, 0.2) is 0 Å². The fourth-order valence-corrected chi connectivity index (χ4v) is 2.71. The maximum Gasteiger partial charge on any atom is 0.246 e. The van der Waals surface area contributed by atoms with Gasteiger partial charge in [0.25, 0.3) is 0 Å². The quantitative estimate of drug-likeness (QED) is 0.807. The van der Waals surface area contributed by atoms with Crippen LogP contribution in [-0.4, -0.2) is 37.0 Å². The first-order valence-electron chi connectivity index (χ1n) is 7.85. The average Bonchev–Trinajstić information content (AvgIpc) is 2.62. The first kappa shape index (κ1) is 16.2. The highest BCUT2D eigenvalue weighted by Crippen LogP contribution is 2.17. The molecule has 1 heterocycles. The van der Waals surface area contributed by atoms with E-state index in [1.165, 1.54) is 30.4 Å².